The topological polar surface area (TPSA) is 23.5 Å². The summed E-state index contributed by atoms with van der Waals surface area (Å²) < 4.78 is 0. The summed E-state index contributed by atoms with van der Waals surface area (Å²) in [6.45, 7) is 5.12. The highest BCUT2D eigenvalue weighted by Gasteiger charge is 2.38. The Bertz CT molecular complexity index is 361. The van der Waals surface area contributed by atoms with Gasteiger partial charge in [-0.05, 0) is 37.9 Å². The monoisotopic (exact) mass is 233 g/mol. The fraction of sp³-hybridized carbons (Fsp3) is 0.600. The van der Waals surface area contributed by atoms with Crippen molar-refractivity contribution in [3.63, 3.8) is 0 Å². The van der Waals surface area contributed by atoms with E-state index in [1.807, 2.05) is 0 Å². The molecule has 2 rings (SSSR count). The maximum absolute atomic E-state index is 10.6. The van der Waals surface area contributed by atoms with Crippen LogP contribution in [-0.4, -0.2) is 35.2 Å². The summed E-state index contributed by atoms with van der Waals surface area (Å²) in [4.78, 5) is 2.24. The average molecular weight is 233 g/mol. The molecule has 0 radical (unpaired) electrons. The first-order valence-electron chi connectivity index (χ1n) is 6.53. The van der Waals surface area contributed by atoms with Crippen LogP contribution in [0.5, 0.6) is 0 Å². The van der Waals surface area contributed by atoms with Gasteiger partial charge in [-0.1, -0.05) is 31.2 Å². The van der Waals surface area contributed by atoms with E-state index in [0.717, 1.165) is 25.8 Å². The molecular weight excluding hydrogens is 210 g/mol. The molecule has 0 spiro atoms. The molecule has 0 bridgehead atoms. The van der Waals surface area contributed by atoms with Crippen LogP contribution < -0.4 is 0 Å². The third kappa shape index (κ3) is 2.88. The van der Waals surface area contributed by atoms with Crippen molar-refractivity contribution in [2.45, 2.75) is 44.8 Å². The quantitative estimate of drug-likeness (QED) is 0.865. The molecule has 1 aliphatic rings. The van der Waals surface area contributed by atoms with E-state index in [1.165, 1.54) is 11.1 Å². The van der Waals surface area contributed by atoms with Crippen LogP contribution in [0.3, 0.4) is 0 Å². The van der Waals surface area contributed by atoms with E-state index in [2.05, 4.69) is 50.1 Å². The lowest BCUT2D eigenvalue weighted by Crippen LogP contribution is -2.34. The molecule has 1 aromatic rings. The molecule has 1 aliphatic heterocycles. The molecule has 1 aromatic carbocycles. The van der Waals surface area contributed by atoms with E-state index in [0.29, 0.717) is 6.04 Å². The number of rotatable bonds is 3. The zero-order valence-electron chi connectivity index (χ0n) is 11.1. The van der Waals surface area contributed by atoms with E-state index in [9.17, 15) is 5.11 Å². The highest BCUT2D eigenvalue weighted by molar-refractivity contribution is 5.24. The first-order valence-corrected chi connectivity index (χ1v) is 6.53. The Balaban J connectivity index is 2.05. The normalized spacial score (nSPS) is 29.8. The number of aliphatic hydroxyl groups is 1. The van der Waals surface area contributed by atoms with Gasteiger partial charge in [-0.15, -0.1) is 0 Å². The molecule has 1 fully saturated rings. The molecule has 2 heteroatoms. The van der Waals surface area contributed by atoms with E-state index >= 15 is 0 Å². The minimum Gasteiger partial charge on any atom is -0.388 e. The second kappa shape index (κ2) is 4.79. The first kappa shape index (κ1) is 12.6. The second-order valence-corrected chi connectivity index (χ2v) is 5.54. The standard InChI is InChI=1S/C15H23NO/c1-4-13-5-7-14(8-6-13)10-15(17)9-12(2)16(3)11-15/h5-8,12,17H,4,9-11H2,1-3H3. The van der Waals surface area contributed by atoms with Crippen molar-refractivity contribution < 1.29 is 5.11 Å². The fourth-order valence-electron chi connectivity index (χ4n) is 2.79. The maximum atomic E-state index is 10.6. The Hall–Kier alpha value is -0.860. The van der Waals surface area contributed by atoms with Gasteiger partial charge in [-0.3, -0.25) is 0 Å². The lowest BCUT2D eigenvalue weighted by Gasteiger charge is -2.22. The van der Waals surface area contributed by atoms with Crippen molar-refractivity contribution in [3.8, 4) is 0 Å². The summed E-state index contributed by atoms with van der Waals surface area (Å²) in [7, 11) is 2.09. The molecule has 2 unspecified atom stereocenters. The van der Waals surface area contributed by atoms with Crippen LogP contribution in [0.15, 0.2) is 24.3 Å². The number of nitrogens with zero attached hydrogens (tertiary/aromatic N) is 1. The van der Waals surface area contributed by atoms with Gasteiger partial charge in [0.25, 0.3) is 0 Å². The average Bonchev–Trinajstić information content (AvgIpc) is 2.53. The van der Waals surface area contributed by atoms with Crippen molar-refractivity contribution in [2.75, 3.05) is 13.6 Å². The van der Waals surface area contributed by atoms with E-state index < -0.39 is 5.60 Å². The highest BCUT2D eigenvalue weighted by Crippen LogP contribution is 2.29. The Morgan fingerprint density at radius 2 is 1.88 bits per heavy atom. The molecule has 94 valence electrons. The number of aryl methyl sites for hydroxylation is 1. The molecule has 1 N–H and O–H groups in total. The van der Waals surface area contributed by atoms with Crippen LogP contribution in [0.1, 0.15) is 31.4 Å². The molecule has 0 aliphatic carbocycles. The summed E-state index contributed by atoms with van der Waals surface area (Å²) in [6.07, 6.45) is 2.72. The molecule has 1 heterocycles. The van der Waals surface area contributed by atoms with Crippen molar-refractivity contribution in [3.05, 3.63) is 35.4 Å². The summed E-state index contributed by atoms with van der Waals surface area (Å²) in [5.74, 6) is 0. The van der Waals surface area contributed by atoms with Gasteiger partial charge >= 0.3 is 0 Å². The number of hydrogen-bond donors (Lipinski definition) is 1. The van der Waals surface area contributed by atoms with Gasteiger partial charge in [0.05, 0.1) is 5.60 Å². The third-order valence-electron chi connectivity index (χ3n) is 3.94. The van der Waals surface area contributed by atoms with Crippen LogP contribution in [-0.2, 0) is 12.8 Å². The molecule has 0 saturated carbocycles. The number of benzene rings is 1. The molecular formula is C15H23NO. The first-order chi connectivity index (χ1) is 8.02. The number of likely N-dealkylation sites (N-methyl/N-ethyl adjacent to an activating group) is 1. The molecule has 2 atom stereocenters. The Morgan fingerprint density at radius 3 is 2.35 bits per heavy atom. The Kier molecular flexibility index (Phi) is 3.55. The second-order valence-electron chi connectivity index (χ2n) is 5.54. The van der Waals surface area contributed by atoms with Gasteiger partial charge in [0.2, 0.25) is 0 Å². The van der Waals surface area contributed by atoms with Crippen LogP contribution >= 0.6 is 0 Å². The van der Waals surface area contributed by atoms with E-state index in [1.54, 1.807) is 0 Å². The Labute approximate surface area is 104 Å². The van der Waals surface area contributed by atoms with Gasteiger partial charge in [-0.2, -0.15) is 0 Å². The number of β-amino-alcohol motifs (C(OH)–C–C–N with tert-alkyl or cyclic N) is 1. The smallest absolute Gasteiger partial charge is 0.0828 e. The third-order valence-corrected chi connectivity index (χ3v) is 3.94. The lowest BCUT2D eigenvalue weighted by atomic mass is 9.92. The fourth-order valence-corrected chi connectivity index (χ4v) is 2.79. The maximum Gasteiger partial charge on any atom is 0.0828 e. The summed E-state index contributed by atoms with van der Waals surface area (Å²) in [6, 6.07) is 9.12. The highest BCUT2D eigenvalue weighted by atomic mass is 16.3. The minimum atomic E-state index is -0.540. The molecule has 17 heavy (non-hydrogen) atoms. The summed E-state index contributed by atoms with van der Waals surface area (Å²) >= 11 is 0. The van der Waals surface area contributed by atoms with Crippen LogP contribution in [0.4, 0.5) is 0 Å². The summed E-state index contributed by atoms with van der Waals surface area (Å²) in [5.41, 5.74) is 2.06. The van der Waals surface area contributed by atoms with Gasteiger partial charge in [0.15, 0.2) is 0 Å². The predicted molar refractivity (Wildman–Crippen MR) is 71.2 cm³/mol. The van der Waals surface area contributed by atoms with Crippen molar-refractivity contribution in [1.82, 2.24) is 4.90 Å². The SMILES string of the molecule is CCc1ccc(CC2(O)CC(C)N(C)C2)cc1. The van der Waals surface area contributed by atoms with Crippen LogP contribution in [0.25, 0.3) is 0 Å². The van der Waals surface area contributed by atoms with E-state index in [4.69, 9.17) is 0 Å². The van der Waals surface area contributed by atoms with Crippen LogP contribution in [0, 0.1) is 0 Å². The van der Waals surface area contributed by atoms with Crippen LogP contribution in [0.2, 0.25) is 0 Å². The Morgan fingerprint density at radius 1 is 1.29 bits per heavy atom. The van der Waals surface area contributed by atoms with Gasteiger partial charge in [-0.25, -0.2) is 0 Å². The molecule has 0 amide bonds. The molecule has 1 saturated heterocycles. The largest absolute Gasteiger partial charge is 0.388 e. The zero-order chi connectivity index (χ0) is 12.5. The van der Waals surface area contributed by atoms with Gasteiger partial charge in [0.1, 0.15) is 0 Å². The van der Waals surface area contributed by atoms with Crippen molar-refractivity contribution >= 4 is 0 Å². The molecule has 0 aromatic heterocycles. The minimum absolute atomic E-state index is 0.481. The van der Waals surface area contributed by atoms with Gasteiger partial charge < -0.3 is 10.0 Å². The van der Waals surface area contributed by atoms with Gasteiger partial charge in [0, 0.05) is 19.0 Å². The van der Waals surface area contributed by atoms with Crippen molar-refractivity contribution in [1.29, 1.82) is 0 Å². The molecule has 2 nitrogen and oxygen atoms in total. The van der Waals surface area contributed by atoms with E-state index in [-0.39, 0.29) is 0 Å². The van der Waals surface area contributed by atoms with Crippen molar-refractivity contribution in [2.24, 2.45) is 0 Å². The summed E-state index contributed by atoms with van der Waals surface area (Å²) in [5, 5.41) is 10.6. The number of hydrogen-bond acceptors (Lipinski definition) is 2. The predicted octanol–water partition coefficient (Wildman–Crippen LogP) is 2.25. The number of likely N-dealkylation sites (tertiary alicyclic amines) is 1. The zero-order valence-corrected chi connectivity index (χ0v) is 11.1. The lowest BCUT2D eigenvalue weighted by molar-refractivity contribution is 0.0520.